The van der Waals surface area contributed by atoms with Crippen molar-refractivity contribution in [3.05, 3.63) is 40.0 Å². The summed E-state index contributed by atoms with van der Waals surface area (Å²) in [6.45, 7) is 2.62. The van der Waals surface area contributed by atoms with Crippen LogP contribution in [0.4, 0.5) is 17.1 Å². The van der Waals surface area contributed by atoms with Gasteiger partial charge in [0.1, 0.15) is 17.8 Å². The number of nitrogens with one attached hydrogen (secondary N) is 2. The third kappa shape index (κ3) is 4.69. The maximum Gasteiger partial charge on any atom is 0.293 e. The zero-order valence-corrected chi connectivity index (χ0v) is 17.9. The van der Waals surface area contributed by atoms with E-state index in [1.54, 1.807) is 24.8 Å². The third-order valence-corrected chi connectivity index (χ3v) is 5.77. The zero-order chi connectivity index (χ0) is 21.8. The lowest BCUT2D eigenvalue weighted by Crippen LogP contribution is -2.38. The summed E-state index contributed by atoms with van der Waals surface area (Å²) in [5.74, 6) is 1.09. The van der Waals surface area contributed by atoms with Crippen LogP contribution in [-0.2, 0) is 13.6 Å². The fraction of sp³-hybridized carbons (Fsp3) is 0.550. The van der Waals surface area contributed by atoms with Crippen LogP contribution in [0, 0.1) is 16.0 Å². The molecule has 1 saturated carbocycles. The molecule has 1 aliphatic rings. The quantitative estimate of drug-likeness (QED) is 0.527. The Balaban J connectivity index is 1.93. The van der Waals surface area contributed by atoms with E-state index >= 15 is 0 Å². The molecule has 0 aliphatic heterocycles. The third-order valence-electron chi connectivity index (χ3n) is 5.77. The molecule has 1 aromatic heterocycles. The van der Waals surface area contributed by atoms with Gasteiger partial charge in [0, 0.05) is 33.3 Å². The van der Waals surface area contributed by atoms with Gasteiger partial charge in [0.25, 0.3) is 11.6 Å². The Hall–Kier alpha value is -3.17. The number of nitro benzene ring substituents is 1. The van der Waals surface area contributed by atoms with E-state index in [4.69, 9.17) is 0 Å². The Morgan fingerprint density at radius 2 is 2.03 bits per heavy atom. The van der Waals surface area contributed by atoms with Crippen molar-refractivity contribution in [2.45, 2.75) is 45.2 Å². The second kappa shape index (κ2) is 9.10. The number of aromatic nitrogens is 3. The first-order chi connectivity index (χ1) is 14.3. The lowest BCUT2D eigenvalue weighted by atomic mass is 9.87. The molecule has 1 fully saturated rings. The number of benzene rings is 1. The standard InChI is InChI=1S/C20H29N7O3/c1-13-5-7-14(8-6-13)24-20(28)15-9-18(27(29)30)16(21-2)10-17(15)25(3)11-19-22-12-23-26(19)4/h9-10,12-14,21H,5-8,11H2,1-4H3,(H,24,28)/t13-,14-. The highest BCUT2D eigenvalue weighted by Crippen LogP contribution is 2.34. The average molecular weight is 415 g/mol. The van der Waals surface area contributed by atoms with Crippen molar-refractivity contribution in [1.29, 1.82) is 0 Å². The minimum absolute atomic E-state index is 0.0913. The van der Waals surface area contributed by atoms with Crippen LogP contribution in [0.5, 0.6) is 0 Å². The normalized spacial score (nSPS) is 18.7. The van der Waals surface area contributed by atoms with Gasteiger partial charge >= 0.3 is 0 Å². The molecule has 0 spiro atoms. The Morgan fingerprint density at radius 1 is 1.33 bits per heavy atom. The van der Waals surface area contributed by atoms with Crippen LogP contribution < -0.4 is 15.5 Å². The van der Waals surface area contributed by atoms with Gasteiger partial charge in [-0.15, -0.1) is 0 Å². The predicted octanol–water partition coefficient (Wildman–Crippen LogP) is 2.71. The van der Waals surface area contributed by atoms with E-state index in [-0.39, 0.29) is 23.2 Å². The summed E-state index contributed by atoms with van der Waals surface area (Å²) in [5, 5.41) is 21.6. The van der Waals surface area contributed by atoms with E-state index in [2.05, 4.69) is 27.6 Å². The molecule has 0 unspecified atom stereocenters. The summed E-state index contributed by atoms with van der Waals surface area (Å²) in [6.07, 6.45) is 5.46. The first-order valence-corrected chi connectivity index (χ1v) is 10.1. The maximum absolute atomic E-state index is 13.1. The molecular formula is C20H29N7O3. The van der Waals surface area contributed by atoms with Crippen molar-refractivity contribution in [2.75, 3.05) is 24.3 Å². The van der Waals surface area contributed by atoms with Crippen LogP contribution in [0.3, 0.4) is 0 Å². The molecule has 3 rings (SSSR count). The van der Waals surface area contributed by atoms with Crippen molar-refractivity contribution < 1.29 is 9.72 Å². The predicted molar refractivity (Wildman–Crippen MR) is 115 cm³/mol. The Morgan fingerprint density at radius 3 is 2.60 bits per heavy atom. The lowest BCUT2D eigenvalue weighted by molar-refractivity contribution is -0.383. The summed E-state index contributed by atoms with van der Waals surface area (Å²) in [5.41, 5.74) is 1.09. The number of rotatable bonds is 7. The molecule has 0 saturated heterocycles. The summed E-state index contributed by atoms with van der Waals surface area (Å²) in [7, 11) is 5.24. The molecule has 1 amide bonds. The molecule has 1 heterocycles. The number of carbonyl (C=O) groups is 1. The first kappa shape index (κ1) is 21.5. The molecule has 0 radical (unpaired) electrons. The van der Waals surface area contributed by atoms with Gasteiger partial charge in [-0.1, -0.05) is 6.92 Å². The summed E-state index contributed by atoms with van der Waals surface area (Å²) < 4.78 is 1.66. The highest BCUT2D eigenvalue weighted by Gasteiger charge is 2.26. The van der Waals surface area contributed by atoms with Gasteiger partial charge in [0.15, 0.2) is 0 Å². The van der Waals surface area contributed by atoms with Gasteiger partial charge < -0.3 is 15.5 Å². The van der Waals surface area contributed by atoms with E-state index in [1.807, 2.05) is 11.9 Å². The van der Waals surface area contributed by atoms with Crippen molar-refractivity contribution in [2.24, 2.45) is 13.0 Å². The van der Waals surface area contributed by atoms with Crippen molar-refractivity contribution in [3.8, 4) is 0 Å². The van der Waals surface area contributed by atoms with E-state index in [1.165, 1.54) is 12.4 Å². The molecule has 10 heteroatoms. The van der Waals surface area contributed by atoms with E-state index in [9.17, 15) is 14.9 Å². The van der Waals surface area contributed by atoms with Crippen molar-refractivity contribution in [1.82, 2.24) is 20.1 Å². The van der Waals surface area contributed by atoms with Gasteiger partial charge in [-0.3, -0.25) is 19.6 Å². The highest BCUT2D eigenvalue weighted by atomic mass is 16.6. The van der Waals surface area contributed by atoms with E-state index in [0.29, 0.717) is 23.8 Å². The fourth-order valence-corrected chi connectivity index (χ4v) is 3.85. The average Bonchev–Trinajstić information content (AvgIpc) is 3.12. The van der Waals surface area contributed by atoms with Crippen LogP contribution in [0.25, 0.3) is 0 Å². The lowest BCUT2D eigenvalue weighted by Gasteiger charge is -2.28. The number of nitro groups is 1. The zero-order valence-electron chi connectivity index (χ0n) is 17.9. The fourth-order valence-electron chi connectivity index (χ4n) is 3.85. The van der Waals surface area contributed by atoms with Gasteiger partial charge in [-0.25, -0.2) is 4.98 Å². The number of hydrogen-bond donors (Lipinski definition) is 2. The first-order valence-electron chi connectivity index (χ1n) is 10.1. The van der Waals surface area contributed by atoms with Gasteiger partial charge in [0.05, 0.1) is 22.7 Å². The summed E-state index contributed by atoms with van der Waals surface area (Å²) in [4.78, 5) is 30.3. The number of amides is 1. The molecule has 1 aromatic carbocycles. The van der Waals surface area contributed by atoms with Crippen LogP contribution in [-0.4, -0.2) is 45.7 Å². The highest BCUT2D eigenvalue weighted by molar-refractivity contribution is 6.02. The number of carbonyl (C=O) groups excluding carboxylic acids is 1. The molecule has 2 aromatic rings. The van der Waals surface area contributed by atoms with Gasteiger partial charge in [-0.2, -0.15) is 5.10 Å². The molecule has 10 nitrogen and oxygen atoms in total. The van der Waals surface area contributed by atoms with Gasteiger partial charge in [-0.05, 0) is 37.7 Å². The van der Waals surface area contributed by atoms with E-state index < -0.39 is 4.92 Å². The largest absolute Gasteiger partial charge is 0.383 e. The van der Waals surface area contributed by atoms with Crippen LogP contribution in [0.1, 0.15) is 48.8 Å². The molecule has 0 bridgehead atoms. The minimum Gasteiger partial charge on any atom is -0.383 e. The van der Waals surface area contributed by atoms with Crippen molar-refractivity contribution >= 4 is 23.0 Å². The van der Waals surface area contributed by atoms with Crippen LogP contribution in [0.15, 0.2) is 18.5 Å². The monoisotopic (exact) mass is 415 g/mol. The smallest absolute Gasteiger partial charge is 0.293 e. The Labute approximate surface area is 175 Å². The van der Waals surface area contributed by atoms with Crippen molar-refractivity contribution in [3.63, 3.8) is 0 Å². The van der Waals surface area contributed by atoms with E-state index in [0.717, 1.165) is 31.5 Å². The van der Waals surface area contributed by atoms with Gasteiger partial charge in [0.2, 0.25) is 0 Å². The molecule has 30 heavy (non-hydrogen) atoms. The van der Waals surface area contributed by atoms with Crippen LogP contribution in [0.2, 0.25) is 0 Å². The Kier molecular flexibility index (Phi) is 6.53. The molecule has 1 aliphatic carbocycles. The molecule has 2 N–H and O–H groups in total. The number of hydrogen-bond acceptors (Lipinski definition) is 7. The minimum atomic E-state index is -0.475. The molecule has 162 valence electrons. The number of nitrogens with zero attached hydrogens (tertiary/aromatic N) is 5. The number of aryl methyl sites for hydroxylation is 1. The second-order valence-electron chi connectivity index (χ2n) is 7.98. The Bertz CT molecular complexity index is 919. The molecule has 0 atom stereocenters. The second-order valence-corrected chi connectivity index (χ2v) is 7.98. The topological polar surface area (TPSA) is 118 Å². The summed E-state index contributed by atoms with van der Waals surface area (Å²) in [6, 6.07) is 3.09. The van der Waals surface area contributed by atoms with Crippen LogP contribution >= 0.6 is 0 Å². The maximum atomic E-state index is 13.1. The SMILES string of the molecule is CNc1cc(N(C)Cc2ncnn2C)c(C(=O)N[C@H]2CC[C@H](C)CC2)cc1[N+](=O)[O-]. The number of anilines is 2. The molecular weight excluding hydrogens is 386 g/mol. The summed E-state index contributed by atoms with van der Waals surface area (Å²) >= 11 is 0.